The highest BCUT2D eigenvalue weighted by Gasteiger charge is 2.50. The third kappa shape index (κ3) is 2.39. The van der Waals surface area contributed by atoms with Gasteiger partial charge in [0.15, 0.2) is 0 Å². The minimum absolute atomic E-state index is 0.0116. The molecule has 0 radical (unpaired) electrons. The molecule has 3 rings (SSSR count). The van der Waals surface area contributed by atoms with E-state index >= 15 is 0 Å². The van der Waals surface area contributed by atoms with Crippen molar-refractivity contribution in [1.29, 1.82) is 0 Å². The number of nitrogens with two attached hydrogens (primary N) is 1. The van der Waals surface area contributed by atoms with Gasteiger partial charge < -0.3 is 20.1 Å². The van der Waals surface area contributed by atoms with Crippen LogP contribution in [0.2, 0.25) is 0 Å². The lowest BCUT2D eigenvalue weighted by Gasteiger charge is -2.37. The number of fused-ring (bicyclic) bond motifs is 2. The summed E-state index contributed by atoms with van der Waals surface area (Å²) in [7, 11) is 1.66. The third-order valence-corrected chi connectivity index (χ3v) is 5.07. The molecule has 3 fully saturated rings. The molecule has 1 heterocycles. The fourth-order valence-corrected chi connectivity index (χ4v) is 4.12. The standard InChI is InChI=1S/C14H24N2O3/c1-18-8-11-7-16(4-5-19-11)14(17)12-9-2-3-10(6-9)13(12)15/h9-13H,2-8,15H2,1H3. The largest absolute Gasteiger partial charge is 0.382 e. The van der Waals surface area contributed by atoms with Crippen LogP contribution in [0.25, 0.3) is 0 Å². The molecule has 3 aliphatic rings. The maximum Gasteiger partial charge on any atom is 0.227 e. The van der Waals surface area contributed by atoms with Gasteiger partial charge in [0.2, 0.25) is 5.91 Å². The second kappa shape index (κ2) is 5.38. The highest BCUT2D eigenvalue weighted by Crippen LogP contribution is 2.48. The number of ether oxygens (including phenoxy) is 2. The number of carbonyl (C=O) groups is 1. The maximum absolute atomic E-state index is 12.7. The summed E-state index contributed by atoms with van der Waals surface area (Å²) in [6.07, 6.45) is 3.56. The molecule has 0 aromatic heterocycles. The van der Waals surface area contributed by atoms with Gasteiger partial charge in [-0.1, -0.05) is 0 Å². The maximum atomic E-state index is 12.7. The van der Waals surface area contributed by atoms with E-state index in [1.165, 1.54) is 12.8 Å². The van der Waals surface area contributed by atoms with Crippen molar-refractivity contribution < 1.29 is 14.3 Å². The quantitative estimate of drug-likeness (QED) is 0.796. The molecule has 0 aromatic carbocycles. The molecule has 1 amide bonds. The highest BCUT2D eigenvalue weighted by atomic mass is 16.5. The summed E-state index contributed by atoms with van der Waals surface area (Å²) in [6.45, 7) is 2.50. The number of nitrogens with zero attached hydrogens (tertiary/aromatic N) is 1. The first-order valence-electron chi connectivity index (χ1n) is 7.35. The first-order valence-corrected chi connectivity index (χ1v) is 7.35. The fourth-order valence-electron chi connectivity index (χ4n) is 4.12. The van der Waals surface area contributed by atoms with Crippen molar-refractivity contribution in [3.8, 4) is 0 Å². The Morgan fingerprint density at radius 3 is 2.89 bits per heavy atom. The molecule has 2 saturated carbocycles. The van der Waals surface area contributed by atoms with Gasteiger partial charge in [-0.15, -0.1) is 0 Å². The topological polar surface area (TPSA) is 64.8 Å². The smallest absolute Gasteiger partial charge is 0.227 e. The van der Waals surface area contributed by atoms with Gasteiger partial charge in [-0.2, -0.15) is 0 Å². The Labute approximate surface area is 114 Å². The Kier molecular flexibility index (Phi) is 3.78. The second-order valence-corrected chi connectivity index (χ2v) is 6.17. The van der Waals surface area contributed by atoms with E-state index in [0.29, 0.717) is 38.1 Å². The molecule has 1 aliphatic heterocycles. The van der Waals surface area contributed by atoms with Crippen molar-refractivity contribution in [3.05, 3.63) is 0 Å². The molecule has 5 heteroatoms. The summed E-state index contributed by atoms with van der Waals surface area (Å²) in [5.74, 6) is 1.41. The Balaban J connectivity index is 1.63. The first kappa shape index (κ1) is 13.3. The summed E-state index contributed by atoms with van der Waals surface area (Å²) in [5.41, 5.74) is 6.26. The van der Waals surface area contributed by atoms with Crippen LogP contribution in [0.3, 0.4) is 0 Å². The zero-order valence-electron chi connectivity index (χ0n) is 11.6. The van der Waals surface area contributed by atoms with Crippen molar-refractivity contribution in [2.45, 2.75) is 31.4 Å². The van der Waals surface area contributed by atoms with E-state index in [2.05, 4.69) is 0 Å². The van der Waals surface area contributed by atoms with Crippen LogP contribution >= 0.6 is 0 Å². The van der Waals surface area contributed by atoms with Gasteiger partial charge in [0.1, 0.15) is 0 Å². The normalized spacial score (nSPS) is 41.8. The van der Waals surface area contributed by atoms with Crippen molar-refractivity contribution in [2.24, 2.45) is 23.5 Å². The number of methoxy groups -OCH3 is 1. The summed E-state index contributed by atoms with van der Waals surface area (Å²) < 4.78 is 10.7. The van der Waals surface area contributed by atoms with E-state index in [1.807, 2.05) is 4.90 Å². The molecule has 19 heavy (non-hydrogen) atoms. The van der Waals surface area contributed by atoms with Crippen molar-refractivity contribution in [2.75, 3.05) is 33.4 Å². The van der Waals surface area contributed by atoms with Crippen molar-refractivity contribution >= 4 is 5.91 Å². The molecule has 1 saturated heterocycles. The number of carbonyl (C=O) groups excluding carboxylic acids is 1. The van der Waals surface area contributed by atoms with Crippen LogP contribution < -0.4 is 5.73 Å². The minimum Gasteiger partial charge on any atom is -0.382 e. The molecular weight excluding hydrogens is 244 g/mol. The van der Waals surface area contributed by atoms with E-state index in [9.17, 15) is 4.79 Å². The Morgan fingerprint density at radius 1 is 1.42 bits per heavy atom. The monoisotopic (exact) mass is 268 g/mol. The van der Waals surface area contributed by atoms with Gasteiger partial charge >= 0.3 is 0 Å². The SMILES string of the molecule is COCC1CN(C(=O)C2C3CCC(C3)C2N)CCO1. The fraction of sp³-hybridized carbons (Fsp3) is 0.929. The summed E-state index contributed by atoms with van der Waals surface area (Å²) in [6, 6.07) is 0.0787. The van der Waals surface area contributed by atoms with Crippen LogP contribution in [-0.4, -0.2) is 56.4 Å². The zero-order valence-corrected chi connectivity index (χ0v) is 11.6. The van der Waals surface area contributed by atoms with Gasteiger partial charge in [-0.3, -0.25) is 4.79 Å². The molecule has 0 aromatic rings. The van der Waals surface area contributed by atoms with E-state index < -0.39 is 0 Å². The number of rotatable bonds is 3. The third-order valence-electron chi connectivity index (χ3n) is 5.07. The van der Waals surface area contributed by atoms with Crippen LogP contribution in [0.15, 0.2) is 0 Å². The first-order chi connectivity index (χ1) is 9.20. The molecular formula is C14H24N2O3. The molecule has 2 bridgehead atoms. The summed E-state index contributed by atoms with van der Waals surface area (Å²) in [5, 5.41) is 0. The number of hydrogen-bond donors (Lipinski definition) is 1. The predicted octanol–water partition coefficient (Wildman–Crippen LogP) is 0.234. The molecule has 2 N–H and O–H groups in total. The average Bonchev–Trinajstić information content (AvgIpc) is 2.99. The average molecular weight is 268 g/mol. The highest BCUT2D eigenvalue weighted by molar-refractivity contribution is 5.80. The Hall–Kier alpha value is -0.650. The van der Waals surface area contributed by atoms with E-state index in [4.69, 9.17) is 15.2 Å². The van der Waals surface area contributed by atoms with Crippen LogP contribution in [0.4, 0.5) is 0 Å². The van der Waals surface area contributed by atoms with Gasteiger partial charge in [0.25, 0.3) is 0 Å². The van der Waals surface area contributed by atoms with Gasteiger partial charge in [0, 0.05) is 26.2 Å². The van der Waals surface area contributed by atoms with Crippen molar-refractivity contribution in [1.82, 2.24) is 4.90 Å². The summed E-state index contributed by atoms with van der Waals surface area (Å²) in [4.78, 5) is 14.6. The molecule has 5 unspecified atom stereocenters. The molecule has 5 nitrogen and oxygen atoms in total. The van der Waals surface area contributed by atoms with Crippen LogP contribution in [0, 0.1) is 17.8 Å². The number of morpholine rings is 1. The second-order valence-electron chi connectivity index (χ2n) is 6.17. The van der Waals surface area contributed by atoms with E-state index in [-0.39, 0.29) is 24.0 Å². The molecule has 0 spiro atoms. The lowest BCUT2D eigenvalue weighted by molar-refractivity contribution is -0.147. The van der Waals surface area contributed by atoms with E-state index in [0.717, 1.165) is 6.42 Å². The van der Waals surface area contributed by atoms with Crippen LogP contribution in [-0.2, 0) is 14.3 Å². The van der Waals surface area contributed by atoms with Crippen LogP contribution in [0.1, 0.15) is 19.3 Å². The van der Waals surface area contributed by atoms with Crippen molar-refractivity contribution in [3.63, 3.8) is 0 Å². The van der Waals surface area contributed by atoms with E-state index in [1.54, 1.807) is 7.11 Å². The minimum atomic E-state index is 0.0116. The molecule has 108 valence electrons. The van der Waals surface area contributed by atoms with Gasteiger partial charge in [-0.25, -0.2) is 0 Å². The van der Waals surface area contributed by atoms with Crippen LogP contribution in [0.5, 0.6) is 0 Å². The zero-order chi connectivity index (χ0) is 13.4. The predicted molar refractivity (Wildman–Crippen MR) is 70.5 cm³/mol. The number of amides is 1. The Bertz CT molecular complexity index is 346. The summed E-state index contributed by atoms with van der Waals surface area (Å²) >= 11 is 0. The Morgan fingerprint density at radius 2 is 2.21 bits per heavy atom. The van der Waals surface area contributed by atoms with Gasteiger partial charge in [0.05, 0.1) is 25.2 Å². The lowest BCUT2D eigenvalue weighted by atomic mass is 9.84. The lowest BCUT2D eigenvalue weighted by Crippen LogP contribution is -2.53. The molecule has 2 aliphatic carbocycles. The molecule has 5 atom stereocenters. The van der Waals surface area contributed by atoms with Gasteiger partial charge in [-0.05, 0) is 31.1 Å². The number of hydrogen-bond acceptors (Lipinski definition) is 4.